The first-order chi connectivity index (χ1) is 7.59. The molecule has 1 saturated carbocycles. The van der Waals surface area contributed by atoms with Crippen molar-refractivity contribution in [2.24, 2.45) is 11.3 Å². The van der Waals surface area contributed by atoms with Gasteiger partial charge in [0.2, 0.25) is 0 Å². The Kier molecular flexibility index (Phi) is 3.22. The zero-order valence-electron chi connectivity index (χ0n) is 10.5. The molecule has 1 nitrogen and oxygen atoms in total. The van der Waals surface area contributed by atoms with Crippen molar-refractivity contribution in [2.75, 3.05) is 0 Å². The summed E-state index contributed by atoms with van der Waals surface area (Å²) in [5.74, 6) is 0.677. The van der Waals surface area contributed by atoms with E-state index in [1.165, 1.54) is 36.8 Å². The summed E-state index contributed by atoms with van der Waals surface area (Å²) in [6, 6.07) is 2.07. The van der Waals surface area contributed by atoms with E-state index < -0.39 is 0 Å². The van der Waals surface area contributed by atoms with Crippen LogP contribution in [0.5, 0.6) is 0 Å². The molecule has 0 saturated heterocycles. The van der Waals surface area contributed by atoms with E-state index in [0.29, 0.717) is 11.3 Å². The van der Waals surface area contributed by atoms with Crippen LogP contribution in [0.1, 0.15) is 45.1 Å². The fourth-order valence-electron chi connectivity index (χ4n) is 3.01. The molecular weight excluding hydrogens is 196 g/mol. The monoisotopic (exact) mass is 218 g/mol. The number of aryl methyl sites for hydroxylation is 1. The van der Waals surface area contributed by atoms with Gasteiger partial charge in [0.1, 0.15) is 0 Å². The summed E-state index contributed by atoms with van der Waals surface area (Å²) in [6.45, 7) is 9.04. The maximum Gasteiger partial charge on any atom is 0.0934 e. The highest BCUT2D eigenvalue weighted by atomic mass is 16.3. The van der Waals surface area contributed by atoms with Crippen LogP contribution in [-0.4, -0.2) is 0 Å². The molecule has 1 heterocycles. The second-order valence-electron chi connectivity index (χ2n) is 5.72. The van der Waals surface area contributed by atoms with Gasteiger partial charge >= 0.3 is 0 Å². The molecule has 1 aliphatic carbocycles. The van der Waals surface area contributed by atoms with Crippen molar-refractivity contribution >= 4 is 0 Å². The fraction of sp³-hybridized carbons (Fsp3) is 0.600. The lowest BCUT2D eigenvalue weighted by Gasteiger charge is -2.40. The van der Waals surface area contributed by atoms with Gasteiger partial charge in [0.25, 0.3) is 0 Å². The number of furan rings is 1. The van der Waals surface area contributed by atoms with Gasteiger partial charge in [-0.15, -0.1) is 0 Å². The molecule has 0 amide bonds. The van der Waals surface area contributed by atoms with Gasteiger partial charge in [-0.3, -0.25) is 0 Å². The van der Waals surface area contributed by atoms with Gasteiger partial charge < -0.3 is 4.42 Å². The third-order valence-corrected chi connectivity index (χ3v) is 4.06. The van der Waals surface area contributed by atoms with E-state index in [1.54, 1.807) is 6.26 Å². The van der Waals surface area contributed by atoms with Crippen LogP contribution in [0.2, 0.25) is 0 Å². The van der Waals surface area contributed by atoms with Crippen molar-refractivity contribution in [3.63, 3.8) is 0 Å². The van der Waals surface area contributed by atoms with E-state index in [2.05, 4.69) is 26.5 Å². The third kappa shape index (κ3) is 2.40. The smallest absolute Gasteiger partial charge is 0.0934 e. The summed E-state index contributed by atoms with van der Waals surface area (Å²) in [6.07, 6.45) is 9.82. The lowest BCUT2D eigenvalue weighted by molar-refractivity contribution is 0.180. The Morgan fingerprint density at radius 3 is 2.94 bits per heavy atom. The summed E-state index contributed by atoms with van der Waals surface area (Å²) in [5, 5.41) is 0. The number of hydrogen-bond acceptors (Lipinski definition) is 1. The molecule has 1 aromatic rings. The van der Waals surface area contributed by atoms with Crippen molar-refractivity contribution < 1.29 is 4.42 Å². The van der Waals surface area contributed by atoms with Gasteiger partial charge in [0.15, 0.2) is 0 Å². The summed E-state index contributed by atoms with van der Waals surface area (Å²) in [5.41, 5.74) is 3.20. The zero-order valence-corrected chi connectivity index (χ0v) is 10.5. The second-order valence-corrected chi connectivity index (χ2v) is 5.72. The molecule has 88 valence electrons. The molecule has 0 N–H and O–H groups in total. The molecule has 1 heteroatoms. The van der Waals surface area contributed by atoms with E-state index in [1.807, 2.05) is 6.26 Å². The van der Waals surface area contributed by atoms with Crippen molar-refractivity contribution in [3.8, 4) is 0 Å². The highest BCUT2D eigenvalue weighted by Gasteiger charge is 2.33. The quantitative estimate of drug-likeness (QED) is 0.676. The van der Waals surface area contributed by atoms with E-state index in [9.17, 15) is 0 Å². The minimum Gasteiger partial charge on any atom is -0.472 e. The number of hydrogen-bond donors (Lipinski definition) is 0. The lowest BCUT2D eigenvalue weighted by Crippen LogP contribution is -2.29. The van der Waals surface area contributed by atoms with Gasteiger partial charge in [0, 0.05) is 0 Å². The predicted molar refractivity (Wildman–Crippen MR) is 67.3 cm³/mol. The number of rotatable bonds is 3. The van der Waals surface area contributed by atoms with Crippen LogP contribution >= 0.6 is 0 Å². The first-order valence-corrected chi connectivity index (χ1v) is 6.28. The van der Waals surface area contributed by atoms with Gasteiger partial charge in [-0.05, 0) is 55.1 Å². The van der Waals surface area contributed by atoms with Crippen molar-refractivity contribution in [1.82, 2.24) is 0 Å². The van der Waals surface area contributed by atoms with Crippen LogP contribution in [-0.2, 0) is 6.42 Å². The number of allylic oxidation sites excluding steroid dienone is 1. The van der Waals surface area contributed by atoms with Crippen LogP contribution < -0.4 is 0 Å². The first-order valence-electron chi connectivity index (χ1n) is 6.28. The minimum atomic E-state index is 0.430. The maximum atomic E-state index is 5.11. The standard InChI is InChI=1S/C15H22O/c1-12-5-4-9-15(2,3)14(12)7-6-13-8-10-16-11-13/h8,10-11,14H,1,4-7,9H2,2-3H3/t14-/m0/s1. The van der Waals surface area contributed by atoms with Gasteiger partial charge in [-0.2, -0.15) is 0 Å². The molecule has 1 fully saturated rings. The molecule has 2 rings (SSSR count). The van der Waals surface area contributed by atoms with Gasteiger partial charge in [0.05, 0.1) is 12.5 Å². The largest absolute Gasteiger partial charge is 0.472 e. The molecule has 0 spiro atoms. The Hall–Kier alpha value is -0.980. The molecule has 0 aromatic carbocycles. The lowest BCUT2D eigenvalue weighted by atomic mass is 9.65. The average Bonchev–Trinajstić information content (AvgIpc) is 2.68. The van der Waals surface area contributed by atoms with Crippen LogP contribution in [0.4, 0.5) is 0 Å². The van der Waals surface area contributed by atoms with Crippen molar-refractivity contribution in [1.29, 1.82) is 0 Å². The Morgan fingerprint density at radius 1 is 1.50 bits per heavy atom. The highest BCUT2D eigenvalue weighted by Crippen LogP contribution is 2.45. The van der Waals surface area contributed by atoms with Crippen LogP contribution in [0, 0.1) is 11.3 Å². The SMILES string of the molecule is C=C1CCCC(C)(C)[C@H]1CCc1ccoc1. The summed E-state index contributed by atoms with van der Waals surface area (Å²) in [7, 11) is 0. The Balaban J connectivity index is 1.98. The zero-order chi connectivity index (χ0) is 11.6. The molecule has 1 aromatic heterocycles. The fourth-order valence-corrected chi connectivity index (χ4v) is 3.01. The normalized spacial score (nSPS) is 24.6. The van der Waals surface area contributed by atoms with E-state index in [4.69, 9.17) is 4.42 Å². The van der Waals surface area contributed by atoms with Crippen molar-refractivity contribution in [3.05, 3.63) is 36.3 Å². The molecule has 0 unspecified atom stereocenters. The Bertz CT molecular complexity index is 346. The molecular formula is C15H22O. The molecule has 0 bridgehead atoms. The van der Waals surface area contributed by atoms with Crippen LogP contribution in [0.25, 0.3) is 0 Å². The molecule has 0 aliphatic heterocycles. The minimum absolute atomic E-state index is 0.430. The van der Waals surface area contributed by atoms with Crippen LogP contribution in [0.15, 0.2) is 35.2 Å². The van der Waals surface area contributed by atoms with E-state index >= 15 is 0 Å². The Labute approximate surface area is 98.5 Å². The maximum absolute atomic E-state index is 5.11. The summed E-state index contributed by atoms with van der Waals surface area (Å²) < 4.78 is 5.11. The van der Waals surface area contributed by atoms with E-state index in [0.717, 1.165) is 6.42 Å². The van der Waals surface area contributed by atoms with Crippen molar-refractivity contribution in [2.45, 2.75) is 46.0 Å². The Morgan fingerprint density at radius 2 is 2.31 bits per heavy atom. The van der Waals surface area contributed by atoms with Gasteiger partial charge in [-0.25, -0.2) is 0 Å². The molecule has 1 atom stereocenters. The third-order valence-electron chi connectivity index (χ3n) is 4.06. The van der Waals surface area contributed by atoms with Gasteiger partial charge in [-0.1, -0.05) is 26.0 Å². The molecule has 0 radical (unpaired) electrons. The molecule has 16 heavy (non-hydrogen) atoms. The highest BCUT2D eigenvalue weighted by molar-refractivity contribution is 5.12. The average molecular weight is 218 g/mol. The topological polar surface area (TPSA) is 13.1 Å². The van der Waals surface area contributed by atoms with Crippen LogP contribution in [0.3, 0.4) is 0 Å². The van der Waals surface area contributed by atoms with E-state index in [-0.39, 0.29) is 0 Å². The summed E-state index contributed by atoms with van der Waals surface area (Å²) in [4.78, 5) is 0. The second kappa shape index (κ2) is 4.48. The first kappa shape index (κ1) is 11.5. The predicted octanol–water partition coefficient (Wildman–Crippen LogP) is 4.59. The summed E-state index contributed by atoms with van der Waals surface area (Å²) >= 11 is 0. The molecule has 1 aliphatic rings.